The third kappa shape index (κ3) is 2.86. The standard InChI is InChI=1S/C14H17F2NO/c1-9(10-3-4-10)17(2)14(18)7-11-5-6-12(15)8-13(11)16/h5-6,8-10H,3-4,7H2,1-2H3/t9-/m0/s1. The Labute approximate surface area is 106 Å². The molecule has 2 rings (SSSR count). The number of carbonyl (C=O) groups excluding carboxylic acids is 1. The van der Waals surface area contributed by atoms with Crippen LogP contribution in [-0.2, 0) is 11.2 Å². The highest BCUT2D eigenvalue weighted by Gasteiger charge is 2.32. The van der Waals surface area contributed by atoms with Gasteiger partial charge in [0.05, 0.1) is 6.42 Å². The molecule has 1 aliphatic carbocycles. The Morgan fingerprint density at radius 1 is 1.44 bits per heavy atom. The molecule has 0 N–H and O–H groups in total. The lowest BCUT2D eigenvalue weighted by molar-refractivity contribution is -0.131. The van der Waals surface area contributed by atoms with E-state index in [1.54, 1.807) is 11.9 Å². The van der Waals surface area contributed by atoms with E-state index in [1.807, 2.05) is 6.92 Å². The van der Waals surface area contributed by atoms with Crippen molar-refractivity contribution in [3.05, 3.63) is 35.4 Å². The summed E-state index contributed by atoms with van der Waals surface area (Å²) in [6.07, 6.45) is 2.30. The highest BCUT2D eigenvalue weighted by Crippen LogP contribution is 2.34. The second-order valence-corrected chi connectivity index (χ2v) is 5.00. The summed E-state index contributed by atoms with van der Waals surface area (Å²) in [6, 6.07) is 3.52. The van der Waals surface area contributed by atoms with Gasteiger partial charge in [-0.05, 0) is 37.3 Å². The maximum atomic E-state index is 13.4. The molecule has 1 aromatic rings. The van der Waals surface area contributed by atoms with Gasteiger partial charge in [0.2, 0.25) is 5.91 Å². The van der Waals surface area contributed by atoms with Crippen LogP contribution in [0.4, 0.5) is 8.78 Å². The molecule has 0 aromatic heterocycles. The van der Waals surface area contributed by atoms with Crippen LogP contribution in [-0.4, -0.2) is 23.9 Å². The van der Waals surface area contributed by atoms with Crippen LogP contribution < -0.4 is 0 Å². The van der Waals surface area contributed by atoms with Crippen molar-refractivity contribution < 1.29 is 13.6 Å². The monoisotopic (exact) mass is 253 g/mol. The third-order valence-electron chi connectivity index (χ3n) is 3.67. The molecule has 1 saturated carbocycles. The number of rotatable bonds is 4. The Bertz CT molecular complexity index is 457. The summed E-state index contributed by atoms with van der Waals surface area (Å²) in [4.78, 5) is 13.7. The number of likely N-dealkylation sites (N-methyl/N-ethyl adjacent to an activating group) is 1. The number of nitrogens with zero attached hydrogens (tertiary/aromatic N) is 1. The van der Waals surface area contributed by atoms with Crippen LogP contribution in [0.1, 0.15) is 25.3 Å². The summed E-state index contributed by atoms with van der Waals surface area (Å²) in [7, 11) is 1.74. The van der Waals surface area contributed by atoms with Crippen LogP contribution in [0.2, 0.25) is 0 Å². The molecular formula is C14H17F2NO. The van der Waals surface area contributed by atoms with Crippen LogP contribution in [0.3, 0.4) is 0 Å². The average molecular weight is 253 g/mol. The Morgan fingerprint density at radius 2 is 2.11 bits per heavy atom. The van der Waals surface area contributed by atoms with Crippen LogP contribution in [0.5, 0.6) is 0 Å². The molecule has 0 aliphatic heterocycles. The Balaban J connectivity index is 2.01. The zero-order valence-corrected chi connectivity index (χ0v) is 10.6. The van der Waals surface area contributed by atoms with Gasteiger partial charge in [-0.25, -0.2) is 8.78 Å². The fraction of sp³-hybridized carbons (Fsp3) is 0.500. The fourth-order valence-corrected chi connectivity index (χ4v) is 2.07. The molecule has 2 nitrogen and oxygen atoms in total. The van der Waals surface area contributed by atoms with Crippen molar-refractivity contribution in [3.8, 4) is 0 Å². The SMILES string of the molecule is C[C@@H](C1CC1)N(C)C(=O)Cc1ccc(F)cc1F. The molecule has 1 aliphatic rings. The summed E-state index contributed by atoms with van der Waals surface area (Å²) in [5, 5.41) is 0. The van der Waals surface area contributed by atoms with Crippen molar-refractivity contribution in [2.45, 2.75) is 32.2 Å². The summed E-state index contributed by atoms with van der Waals surface area (Å²) in [5.74, 6) is -0.823. The van der Waals surface area contributed by atoms with E-state index in [1.165, 1.54) is 12.1 Å². The molecule has 0 spiro atoms. The van der Waals surface area contributed by atoms with Crippen molar-refractivity contribution >= 4 is 5.91 Å². The quantitative estimate of drug-likeness (QED) is 0.808. The second kappa shape index (κ2) is 5.04. The molecule has 1 aromatic carbocycles. The van der Waals surface area contributed by atoms with Crippen molar-refractivity contribution in [3.63, 3.8) is 0 Å². The maximum Gasteiger partial charge on any atom is 0.227 e. The lowest BCUT2D eigenvalue weighted by Gasteiger charge is -2.25. The number of amides is 1. The minimum atomic E-state index is -0.657. The summed E-state index contributed by atoms with van der Waals surface area (Å²) >= 11 is 0. The van der Waals surface area contributed by atoms with Crippen molar-refractivity contribution in [1.82, 2.24) is 4.90 Å². The van der Waals surface area contributed by atoms with Crippen LogP contribution in [0, 0.1) is 17.6 Å². The predicted molar refractivity (Wildman–Crippen MR) is 65.0 cm³/mol. The van der Waals surface area contributed by atoms with E-state index in [4.69, 9.17) is 0 Å². The molecule has 1 fully saturated rings. The number of carbonyl (C=O) groups is 1. The Hall–Kier alpha value is -1.45. The number of hydrogen-bond donors (Lipinski definition) is 0. The Kier molecular flexibility index (Phi) is 3.64. The number of benzene rings is 1. The smallest absolute Gasteiger partial charge is 0.227 e. The van der Waals surface area contributed by atoms with E-state index >= 15 is 0 Å². The van der Waals surface area contributed by atoms with E-state index < -0.39 is 11.6 Å². The third-order valence-corrected chi connectivity index (χ3v) is 3.67. The van der Waals surface area contributed by atoms with Crippen LogP contribution in [0.15, 0.2) is 18.2 Å². The number of halogens is 2. The molecule has 0 unspecified atom stereocenters. The van der Waals surface area contributed by atoms with Gasteiger partial charge in [-0.2, -0.15) is 0 Å². The lowest BCUT2D eigenvalue weighted by Crippen LogP contribution is -2.37. The first-order valence-corrected chi connectivity index (χ1v) is 6.18. The predicted octanol–water partition coefficient (Wildman–Crippen LogP) is 2.76. The molecule has 0 heterocycles. The van der Waals surface area contributed by atoms with E-state index in [9.17, 15) is 13.6 Å². The van der Waals surface area contributed by atoms with Gasteiger partial charge in [0, 0.05) is 19.2 Å². The molecule has 1 amide bonds. The summed E-state index contributed by atoms with van der Waals surface area (Å²) < 4.78 is 26.2. The first kappa shape index (κ1) is 13.0. The van der Waals surface area contributed by atoms with Crippen molar-refractivity contribution in [1.29, 1.82) is 0 Å². The lowest BCUT2D eigenvalue weighted by atomic mass is 10.1. The van der Waals surface area contributed by atoms with E-state index in [0.29, 0.717) is 5.92 Å². The van der Waals surface area contributed by atoms with Gasteiger partial charge >= 0.3 is 0 Å². The zero-order chi connectivity index (χ0) is 13.3. The van der Waals surface area contributed by atoms with E-state index in [0.717, 1.165) is 18.9 Å². The van der Waals surface area contributed by atoms with Gasteiger partial charge in [0.15, 0.2) is 0 Å². The van der Waals surface area contributed by atoms with Gasteiger partial charge in [0.25, 0.3) is 0 Å². The molecule has 1 atom stereocenters. The average Bonchev–Trinajstić information content (AvgIpc) is 3.14. The minimum Gasteiger partial charge on any atom is -0.342 e. The molecule has 0 radical (unpaired) electrons. The first-order chi connectivity index (χ1) is 8.49. The fourth-order valence-electron chi connectivity index (χ4n) is 2.07. The van der Waals surface area contributed by atoms with Gasteiger partial charge in [0.1, 0.15) is 11.6 Å². The summed E-state index contributed by atoms with van der Waals surface area (Å²) in [6.45, 7) is 2.01. The molecular weight excluding hydrogens is 236 g/mol. The molecule has 18 heavy (non-hydrogen) atoms. The summed E-state index contributed by atoms with van der Waals surface area (Å²) in [5.41, 5.74) is 0.247. The molecule has 4 heteroatoms. The Morgan fingerprint density at radius 3 is 2.67 bits per heavy atom. The highest BCUT2D eigenvalue weighted by molar-refractivity contribution is 5.78. The van der Waals surface area contributed by atoms with Gasteiger partial charge in [-0.15, -0.1) is 0 Å². The van der Waals surface area contributed by atoms with Crippen LogP contribution >= 0.6 is 0 Å². The largest absolute Gasteiger partial charge is 0.342 e. The topological polar surface area (TPSA) is 20.3 Å². The highest BCUT2D eigenvalue weighted by atomic mass is 19.1. The van der Waals surface area contributed by atoms with Crippen LogP contribution in [0.25, 0.3) is 0 Å². The van der Waals surface area contributed by atoms with Gasteiger partial charge in [-0.3, -0.25) is 4.79 Å². The molecule has 0 saturated heterocycles. The van der Waals surface area contributed by atoms with E-state index in [2.05, 4.69) is 0 Å². The van der Waals surface area contributed by atoms with Crippen molar-refractivity contribution in [2.75, 3.05) is 7.05 Å². The first-order valence-electron chi connectivity index (χ1n) is 6.18. The van der Waals surface area contributed by atoms with Gasteiger partial charge in [-0.1, -0.05) is 6.07 Å². The maximum absolute atomic E-state index is 13.4. The van der Waals surface area contributed by atoms with Crippen molar-refractivity contribution in [2.24, 2.45) is 5.92 Å². The molecule has 0 bridgehead atoms. The van der Waals surface area contributed by atoms with E-state index in [-0.39, 0.29) is 23.9 Å². The molecule has 98 valence electrons. The normalized spacial score (nSPS) is 16.4. The second-order valence-electron chi connectivity index (χ2n) is 5.00. The number of hydrogen-bond acceptors (Lipinski definition) is 1. The van der Waals surface area contributed by atoms with Gasteiger partial charge < -0.3 is 4.90 Å². The zero-order valence-electron chi connectivity index (χ0n) is 10.6. The minimum absolute atomic E-state index is 0.0142.